The van der Waals surface area contributed by atoms with Crippen LogP contribution in [0, 0.1) is 19.7 Å². The quantitative estimate of drug-likeness (QED) is 0.703. The van der Waals surface area contributed by atoms with Gasteiger partial charge in [0.15, 0.2) is 23.5 Å². The minimum Gasteiger partial charge on any atom is -0.494 e. The van der Waals surface area contributed by atoms with E-state index >= 15 is 0 Å². The van der Waals surface area contributed by atoms with Crippen LogP contribution >= 0.6 is 11.3 Å². The zero-order valence-electron chi connectivity index (χ0n) is 14.7. The number of hydrogen-bond donors (Lipinski definition) is 1. The van der Waals surface area contributed by atoms with E-state index in [1.165, 1.54) is 30.6 Å². The van der Waals surface area contributed by atoms with Gasteiger partial charge in [0, 0.05) is 4.88 Å². The van der Waals surface area contributed by atoms with Crippen LogP contribution in [0.15, 0.2) is 23.0 Å². The van der Waals surface area contributed by atoms with Crippen LogP contribution in [0.3, 0.4) is 0 Å². The van der Waals surface area contributed by atoms with E-state index in [4.69, 9.17) is 9.47 Å². The summed E-state index contributed by atoms with van der Waals surface area (Å²) in [5, 5.41) is 0.548. The molecule has 0 saturated heterocycles. The highest BCUT2D eigenvalue weighted by molar-refractivity contribution is 7.18. The van der Waals surface area contributed by atoms with Crippen molar-refractivity contribution < 1.29 is 18.7 Å². The fraction of sp³-hybridized carbons (Fsp3) is 0.278. The maximum atomic E-state index is 13.7. The highest BCUT2D eigenvalue weighted by atomic mass is 32.1. The Morgan fingerprint density at radius 3 is 2.73 bits per heavy atom. The first-order valence-corrected chi connectivity index (χ1v) is 8.68. The maximum Gasteiger partial charge on any atom is 0.338 e. The van der Waals surface area contributed by atoms with Gasteiger partial charge in [0.1, 0.15) is 4.83 Å². The van der Waals surface area contributed by atoms with Crippen molar-refractivity contribution in [2.24, 2.45) is 0 Å². The number of aryl methyl sites for hydroxylation is 2. The van der Waals surface area contributed by atoms with Gasteiger partial charge in [0.25, 0.3) is 5.56 Å². The number of benzene rings is 1. The van der Waals surface area contributed by atoms with Gasteiger partial charge in [0.2, 0.25) is 0 Å². The van der Waals surface area contributed by atoms with Crippen LogP contribution in [0.25, 0.3) is 10.2 Å². The molecule has 0 spiro atoms. The number of thiophene rings is 1. The molecule has 136 valence electrons. The Kier molecular flexibility index (Phi) is 4.78. The summed E-state index contributed by atoms with van der Waals surface area (Å²) in [7, 11) is 1.34. The monoisotopic (exact) mass is 376 g/mol. The Morgan fingerprint density at radius 1 is 1.35 bits per heavy atom. The largest absolute Gasteiger partial charge is 0.494 e. The lowest BCUT2D eigenvalue weighted by Crippen LogP contribution is -2.17. The van der Waals surface area contributed by atoms with Crippen molar-refractivity contribution in [3.8, 4) is 5.75 Å². The molecule has 8 heteroatoms. The van der Waals surface area contributed by atoms with Crippen LogP contribution in [0.2, 0.25) is 0 Å². The summed E-state index contributed by atoms with van der Waals surface area (Å²) in [6.07, 6.45) is -0.799. The number of H-pyrrole nitrogens is 1. The van der Waals surface area contributed by atoms with Crippen molar-refractivity contribution in [3.05, 3.63) is 56.2 Å². The number of halogens is 1. The fourth-order valence-electron chi connectivity index (χ4n) is 2.54. The molecule has 1 N–H and O–H groups in total. The van der Waals surface area contributed by atoms with Gasteiger partial charge in [-0.25, -0.2) is 14.2 Å². The summed E-state index contributed by atoms with van der Waals surface area (Å²) in [5.41, 5.74) is 0.662. The number of ether oxygens (including phenoxy) is 2. The molecule has 3 rings (SSSR count). The molecule has 0 radical (unpaired) electrons. The number of carbonyl (C=O) groups excluding carboxylic acids is 1. The molecular weight excluding hydrogens is 359 g/mol. The van der Waals surface area contributed by atoms with Crippen molar-refractivity contribution >= 4 is 27.5 Å². The SMILES string of the molecule is COc1ccc(C(=O)O[C@H](C)c2nc3sc(C)c(C)c3c(=O)[nH]2)cc1F. The molecule has 0 aliphatic heterocycles. The smallest absolute Gasteiger partial charge is 0.338 e. The van der Waals surface area contributed by atoms with Gasteiger partial charge in [0.05, 0.1) is 18.1 Å². The van der Waals surface area contributed by atoms with Crippen molar-refractivity contribution in [2.45, 2.75) is 26.9 Å². The van der Waals surface area contributed by atoms with Crippen LogP contribution in [0.4, 0.5) is 4.39 Å². The lowest BCUT2D eigenvalue weighted by atomic mass is 10.2. The van der Waals surface area contributed by atoms with E-state index in [2.05, 4.69) is 9.97 Å². The van der Waals surface area contributed by atoms with Gasteiger partial charge in [-0.1, -0.05) is 0 Å². The predicted molar refractivity (Wildman–Crippen MR) is 96.5 cm³/mol. The topological polar surface area (TPSA) is 81.3 Å². The maximum absolute atomic E-state index is 13.7. The Balaban J connectivity index is 1.87. The number of rotatable bonds is 4. The number of nitrogens with zero attached hydrogens (tertiary/aromatic N) is 1. The second-order valence-electron chi connectivity index (χ2n) is 5.81. The van der Waals surface area contributed by atoms with Gasteiger partial charge in [-0.2, -0.15) is 0 Å². The van der Waals surface area contributed by atoms with E-state index in [0.717, 1.165) is 16.5 Å². The molecule has 0 amide bonds. The Labute approximate surface area is 152 Å². The Bertz CT molecular complexity index is 1060. The average molecular weight is 376 g/mol. The highest BCUT2D eigenvalue weighted by Gasteiger charge is 2.20. The van der Waals surface area contributed by atoms with E-state index in [1.807, 2.05) is 13.8 Å². The molecule has 0 fully saturated rings. The van der Waals surface area contributed by atoms with Crippen molar-refractivity contribution in [2.75, 3.05) is 7.11 Å². The van der Waals surface area contributed by atoms with Crippen LogP contribution < -0.4 is 10.3 Å². The molecular formula is C18H17FN2O4S. The van der Waals surface area contributed by atoms with Gasteiger partial charge >= 0.3 is 5.97 Å². The molecule has 1 aromatic carbocycles. The van der Waals surface area contributed by atoms with E-state index in [1.54, 1.807) is 6.92 Å². The third-order valence-corrected chi connectivity index (χ3v) is 5.21. The molecule has 0 aliphatic rings. The number of esters is 1. The number of carbonyl (C=O) groups is 1. The van der Waals surface area contributed by atoms with Crippen molar-refractivity contribution in [1.82, 2.24) is 9.97 Å². The standard InChI is InChI=1S/C18H17FN2O4S/c1-8-10(3)26-17-14(8)16(22)20-15(21-17)9(2)25-18(23)11-5-6-13(24-4)12(19)7-11/h5-7,9H,1-4H3,(H,20,21,22)/t9-/m1/s1. The molecule has 0 saturated carbocycles. The normalized spacial score (nSPS) is 12.2. The molecule has 1 atom stereocenters. The number of aromatic nitrogens is 2. The summed E-state index contributed by atoms with van der Waals surface area (Å²) in [4.78, 5) is 33.2. The summed E-state index contributed by atoms with van der Waals surface area (Å²) in [6.45, 7) is 5.38. The number of methoxy groups -OCH3 is 1. The van der Waals surface area contributed by atoms with Crippen LogP contribution in [0.5, 0.6) is 5.75 Å². The molecule has 0 unspecified atom stereocenters. The first-order chi connectivity index (χ1) is 12.3. The number of fused-ring (bicyclic) bond motifs is 1. The van der Waals surface area contributed by atoms with Crippen molar-refractivity contribution in [3.63, 3.8) is 0 Å². The number of aromatic amines is 1. The second-order valence-corrected chi connectivity index (χ2v) is 7.01. The van der Waals surface area contributed by atoms with Crippen LogP contribution in [0.1, 0.15) is 39.7 Å². The third kappa shape index (κ3) is 3.20. The molecule has 2 heterocycles. The van der Waals surface area contributed by atoms with Gasteiger partial charge in [-0.3, -0.25) is 4.79 Å². The first-order valence-electron chi connectivity index (χ1n) is 7.86. The summed E-state index contributed by atoms with van der Waals surface area (Å²) >= 11 is 1.41. The molecule has 3 aromatic rings. The molecule has 6 nitrogen and oxygen atoms in total. The Hall–Kier alpha value is -2.74. The summed E-state index contributed by atoms with van der Waals surface area (Å²) in [6, 6.07) is 3.79. The zero-order valence-corrected chi connectivity index (χ0v) is 15.5. The number of hydrogen-bond acceptors (Lipinski definition) is 6. The minimum absolute atomic E-state index is 0.0366. The number of nitrogens with one attached hydrogen (secondary N) is 1. The lowest BCUT2D eigenvalue weighted by molar-refractivity contribution is 0.0319. The second kappa shape index (κ2) is 6.87. The van der Waals surface area contributed by atoms with E-state index in [-0.39, 0.29) is 22.7 Å². The van der Waals surface area contributed by atoms with Crippen LogP contribution in [-0.4, -0.2) is 23.0 Å². The summed E-state index contributed by atoms with van der Waals surface area (Å²) in [5.74, 6) is -1.10. The minimum atomic E-state index is -0.799. The van der Waals surface area contributed by atoms with Crippen molar-refractivity contribution in [1.29, 1.82) is 0 Å². The predicted octanol–water partition coefficient (Wildman–Crippen LogP) is 3.67. The zero-order chi connectivity index (χ0) is 19.0. The van der Waals surface area contributed by atoms with Gasteiger partial charge in [-0.05, 0) is 44.5 Å². The van der Waals surface area contributed by atoms with Gasteiger partial charge < -0.3 is 14.5 Å². The van der Waals surface area contributed by atoms with Crippen LogP contribution in [-0.2, 0) is 4.74 Å². The molecule has 0 bridgehead atoms. The fourth-order valence-corrected chi connectivity index (χ4v) is 3.58. The van der Waals surface area contributed by atoms with E-state index < -0.39 is 17.9 Å². The average Bonchev–Trinajstić information content (AvgIpc) is 2.89. The van der Waals surface area contributed by atoms with E-state index in [0.29, 0.717) is 10.2 Å². The van der Waals surface area contributed by atoms with E-state index in [9.17, 15) is 14.0 Å². The third-order valence-electron chi connectivity index (χ3n) is 4.11. The Morgan fingerprint density at radius 2 is 2.08 bits per heavy atom. The molecule has 26 heavy (non-hydrogen) atoms. The highest BCUT2D eigenvalue weighted by Crippen LogP contribution is 2.27. The molecule has 2 aromatic heterocycles. The first kappa shape index (κ1) is 18.1. The molecule has 0 aliphatic carbocycles. The lowest BCUT2D eigenvalue weighted by Gasteiger charge is -2.13. The van der Waals surface area contributed by atoms with Gasteiger partial charge in [-0.15, -0.1) is 11.3 Å². The summed E-state index contributed by atoms with van der Waals surface area (Å²) < 4.78 is 23.9.